The Morgan fingerprint density at radius 2 is 2.10 bits per heavy atom. The van der Waals surface area contributed by atoms with Gasteiger partial charge in [-0.25, -0.2) is 4.98 Å². The van der Waals surface area contributed by atoms with Crippen LogP contribution in [0.3, 0.4) is 0 Å². The van der Waals surface area contributed by atoms with Crippen LogP contribution in [0.25, 0.3) is 0 Å². The van der Waals surface area contributed by atoms with E-state index < -0.39 is 10.8 Å². The van der Waals surface area contributed by atoms with Gasteiger partial charge in [0.25, 0.3) is 11.6 Å². The van der Waals surface area contributed by atoms with Crippen LogP contribution in [-0.2, 0) is 0 Å². The number of nitrogens with zero attached hydrogens (tertiary/aromatic N) is 2. The highest BCUT2D eigenvalue weighted by molar-refractivity contribution is 5.98. The minimum atomic E-state index is -0.621. The van der Waals surface area contributed by atoms with Crippen LogP contribution in [-0.4, -0.2) is 21.9 Å². The number of pyridine rings is 1. The Labute approximate surface area is 116 Å². The second-order valence-corrected chi connectivity index (χ2v) is 5.31. The van der Waals surface area contributed by atoms with Gasteiger partial charge in [0.2, 0.25) is 0 Å². The summed E-state index contributed by atoms with van der Waals surface area (Å²) >= 11 is 0. The summed E-state index contributed by atoms with van der Waals surface area (Å²) in [6, 6.07) is 1.33. The van der Waals surface area contributed by atoms with Crippen LogP contribution in [0, 0.1) is 16.0 Å². The van der Waals surface area contributed by atoms with Crippen molar-refractivity contribution >= 4 is 17.4 Å². The van der Waals surface area contributed by atoms with Gasteiger partial charge in [-0.2, -0.15) is 0 Å². The van der Waals surface area contributed by atoms with Gasteiger partial charge in [-0.3, -0.25) is 14.9 Å². The maximum atomic E-state index is 12.2. The van der Waals surface area contributed by atoms with Crippen molar-refractivity contribution < 1.29 is 9.72 Å². The molecule has 0 spiro atoms. The van der Waals surface area contributed by atoms with Crippen LogP contribution in [0.5, 0.6) is 0 Å². The SMILES string of the molecule is CC1CCC(NC(=O)c2cc(N)ncc2[N+](=O)[O-])CC1. The largest absolute Gasteiger partial charge is 0.384 e. The molecule has 1 fully saturated rings. The lowest BCUT2D eigenvalue weighted by Gasteiger charge is -2.26. The lowest BCUT2D eigenvalue weighted by molar-refractivity contribution is -0.385. The van der Waals surface area contributed by atoms with Crippen LogP contribution >= 0.6 is 0 Å². The van der Waals surface area contributed by atoms with E-state index in [1.54, 1.807) is 0 Å². The molecule has 2 rings (SSSR count). The van der Waals surface area contributed by atoms with E-state index in [9.17, 15) is 14.9 Å². The molecule has 1 aliphatic rings. The van der Waals surface area contributed by atoms with E-state index in [1.807, 2.05) is 0 Å². The maximum absolute atomic E-state index is 12.2. The molecule has 7 nitrogen and oxygen atoms in total. The van der Waals surface area contributed by atoms with Crippen molar-refractivity contribution in [2.75, 3.05) is 5.73 Å². The molecule has 3 N–H and O–H groups in total. The molecule has 0 aromatic carbocycles. The Balaban J connectivity index is 2.12. The summed E-state index contributed by atoms with van der Waals surface area (Å²) in [6.45, 7) is 2.19. The molecule has 1 aliphatic carbocycles. The lowest BCUT2D eigenvalue weighted by Crippen LogP contribution is -2.37. The molecule has 1 heterocycles. The number of hydrogen-bond donors (Lipinski definition) is 2. The second kappa shape index (κ2) is 5.85. The third-order valence-corrected chi connectivity index (χ3v) is 3.70. The summed E-state index contributed by atoms with van der Waals surface area (Å²) in [4.78, 5) is 26.1. The predicted octanol–water partition coefficient (Wildman–Crippen LogP) is 1.88. The van der Waals surface area contributed by atoms with Crippen LogP contribution in [0.1, 0.15) is 43.0 Å². The van der Waals surface area contributed by atoms with E-state index in [0.29, 0.717) is 5.92 Å². The number of rotatable bonds is 3. The Hall–Kier alpha value is -2.18. The van der Waals surface area contributed by atoms with Crippen molar-refractivity contribution in [2.24, 2.45) is 5.92 Å². The fourth-order valence-electron chi connectivity index (χ4n) is 2.46. The average molecular weight is 278 g/mol. The highest BCUT2D eigenvalue weighted by atomic mass is 16.6. The first-order valence-electron chi connectivity index (χ1n) is 6.68. The van der Waals surface area contributed by atoms with Crippen molar-refractivity contribution in [3.63, 3.8) is 0 Å². The van der Waals surface area contributed by atoms with Crippen molar-refractivity contribution in [2.45, 2.75) is 38.6 Å². The molecule has 0 atom stereocenters. The molecule has 0 unspecified atom stereocenters. The van der Waals surface area contributed by atoms with E-state index in [4.69, 9.17) is 5.73 Å². The highest BCUT2D eigenvalue weighted by Gasteiger charge is 2.25. The fourth-order valence-corrected chi connectivity index (χ4v) is 2.46. The molecule has 0 aliphatic heterocycles. The number of nitrogens with one attached hydrogen (secondary N) is 1. The van der Waals surface area contributed by atoms with E-state index in [-0.39, 0.29) is 23.1 Å². The Kier molecular flexibility index (Phi) is 4.16. The van der Waals surface area contributed by atoms with Gasteiger partial charge >= 0.3 is 0 Å². The first kappa shape index (κ1) is 14.2. The summed E-state index contributed by atoms with van der Waals surface area (Å²) in [6.07, 6.45) is 4.95. The maximum Gasteiger partial charge on any atom is 0.300 e. The van der Waals surface area contributed by atoms with Gasteiger partial charge < -0.3 is 11.1 Å². The zero-order valence-electron chi connectivity index (χ0n) is 11.3. The van der Waals surface area contributed by atoms with Crippen molar-refractivity contribution in [3.8, 4) is 0 Å². The Morgan fingerprint density at radius 3 is 2.70 bits per heavy atom. The first-order chi connectivity index (χ1) is 9.47. The molecule has 1 aromatic rings. The summed E-state index contributed by atoms with van der Waals surface area (Å²) in [5.41, 5.74) is 5.16. The number of nitrogens with two attached hydrogens (primary N) is 1. The number of anilines is 1. The van der Waals surface area contributed by atoms with Crippen molar-refractivity contribution in [1.82, 2.24) is 10.3 Å². The molecule has 20 heavy (non-hydrogen) atoms. The molecule has 1 amide bonds. The topological polar surface area (TPSA) is 111 Å². The summed E-state index contributed by atoms with van der Waals surface area (Å²) in [5, 5.41) is 13.8. The van der Waals surface area contributed by atoms with Crippen LogP contribution in [0.4, 0.5) is 11.5 Å². The quantitative estimate of drug-likeness (QED) is 0.647. The number of carbonyl (C=O) groups excluding carboxylic acids is 1. The third kappa shape index (κ3) is 3.23. The van der Waals surface area contributed by atoms with Gasteiger partial charge in [-0.15, -0.1) is 0 Å². The molecular formula is C13H18N4O3. The van der Waals surface area contributed by atoms with Crippen molar-refractivity contribution in [1.29, 1.82) is 0 Å². The number of nitro groups is 1. The third-order valence-electron chi connectivity index (χ3n) is 3.70. The smallest absolute Gasteiger partial charge is 0.300 e. The molecule has 1 saturated carbocycles. The fraction of sp³-hybridized carbons (Fsp3) is 0.538. The minimum absolute atomic E-state index is 0.0267. The second-order valence-electron chi connectivity index (χ2n) is 5.31. The van der Waals surface area contributed by atoms with Gasteiger partial charge in [-0.1, -0.05) is 6.92 Å². The molecule has 0 radical (unpaired) electrons. The number of nitrogen functional groups attached to an aromatic ring is 1. The monoisotopic (exact) mass is 278 g/mol. The van der Waals surface area contributed by atoms with Crippen molar-refractivity contribution in [3.05, 3.63) is 27.9 Å². The Bertz CT molecular complexity index is 524. The summed E-state index contributed by atoms with van der Waals surface area (Å²) in [5.74, 6) is 0.317. The van der Waals surface area contributed by atoms with Gasteiger partial charge in [0, 0.05) is 6.04 Å². The zero-order chi connectivity index (χ0) is 14.7. The van der Waals surface area contributed by atoms with Gasteiger partial charge in [-0.05, 0) is 37.7 Å². The molecule has 108 valence electrons. The molecule has 0 saturated heterocycles. The highest BCUT2D eigenvalue weighted by Crippen LogP contribution is 2.25. The van der Waals surface area contributed by atoms with Gasteiger partial charge in [0.15, 0.2) is 0 Å². The average Bonchev–Trinajstić information content (AvgIpc) is 2.41. The molecule has 7 heteroatoms. The zero-order valence-corrected chi connectivity index (χ0v) is 11.3. The van der Waals surface area contributed by atoms with E-state index in [1.165, 1.54) is 6.07 Å². The number of carbonyl (C=O) groups is 1. The number of aromatic nitrogens is 1. The lowest BCUT2D eigenvalue weighted by atomic mass is 9.87. The Morgan fingerprint density at radius 1 is 1.45 bits per heavy atom. The molecule has 0 bridgehead atoms. The minimum Gasteiger partial charge on any atom is -0.384 e. The first-order valence-corrected chi connectivity index (χ1v) is 6.68. The number of hydrogen-bond acceptors (Lipinski definition) is 5. The van der Waals surface area contributed by atoms with Crippen LogP contribution < -0.4 is 11.1 Å². The van der Waals surface area contributed by atoms with Gasteiger partial charge in [0.1, 0.15) is 17.6 Å². The summed E-state index contributed by atoms with van der Waals surface area (Å²) in [7, 11) is 0. The van der Waals surface area contributed by atoms with E-state index in [0.717, 1.165) is 31.9 Å². The normalized spacial score (nSPS) is 22.2. The summed E-state index contributed by atoms with van der Waals surface area (Å²) < 4.78 is 0. The standard InChI is InChI=1S/C13H18N4O3/c1-8-2-4-9(5-3-8)16-13(18)10-6-12(14)15-7-11(10)17(19)20/h6-9H,2-5H2,1H3,(H2,14,15)(H,16,18). The van der Waals surface area contributed by atoms with Crippen LogP contribution in [0.2, 0.25) is 0 Å². The number of amides is 1. The molecule has 1 aromatic heterocycles. The van der Waals surface area contributed by atoms with Crippen LogP contribution in [0.15, 0.2) is 12.3 Å². The molecular weight excluding hydrogens is 260 g/mol. The van der Waals surface area contributed by atoms with E-state index in [2.05, 4.69) is 17.2 Å². The predicted molar refractivity (Wildman–Crippen MR) is 74.2 cm³/mol. The van der Waals surface area contributed by atoms with E-state index >= 15 is 0 Å². The van der Waals surface area contributed by atoms with Gasteiger partial charge in [0.05, 0.1) is 4.92 Å².